The van der Waals surface area contributed by atoms with E-state index >= 15 is 0 Å². The molecular formula is C12H9NO4. The standard InChI is InChI=1S/C12H9NO4/c13-8-5-6-3-1-2-4-7(6)9(11(14)15)10(8)12(16)17/h1-5H,13H2,(H,14,15)(H,16,17). The number of carbonyl (C=O) groups is 2. The van der Waals surface area contributed by atoms with E-state index in [0.717, 1.165) is 0 Å². The predicted molar refractivity (Wildman–Crippen MR) is 62.3 cm³/mol. The zero-order chi connectivity index (χ0) is 12.6. The van der Waals surface area contributed by atoms with Gasteiger partial charge in [-0.2, -0.15) is 0 Å². The monoisotopic (exact) mass is 231 g/mol. The predicted octanol–water partition coefficient (Wildman–Crippen LogP) is 1.82. The fraction of sp³-hybridized carbons (Fsp3) is 0. The summed E-state index contributed by atoms with van der Waals surface area (Å²) in [4.78, 5) is 22.2. The first kappa shape index (κ1) is 10.9. The summed E-state index contributed by atoms with van der Waals surface area (Å²) in [6, 6.07) is 8.09. The van der Waals surface area contributed by atoms with Crippen LogP contribution < -0.4 is 5.73 Å². The van der Waals surface area contributed by atoms with Crippen LogP contribution in [0.4, 0.5) is 5.69 Å². The topological polar surface area (TPSA) is 101 Å². The fourth-order valence-corrected chi connectivity index (χ4v) is 1.82. The van der Waals surface area contributed by atoms with E-state index in [-0.39, 0.29) is 16.8 Å². The molecule has 0 amide bonds. The maximum atomic E-state index is 11.2. The maximum Gasteiger partial charge on any atom is 0.338 e. The van der Waals surface area contributed by atoms with Crippen molar-refractivity contribution in [3.05, 3.63) is 41.5 Å². The van der Waals surface area contributed by atoms with Crippen molar-refractivity contribution in [2.45, 2.75) is 0 Å². The summed E-state index contributed by atoms with van der Waals surface area (Å²) in [6.45, 7) is 0. The highest BCUT2D eigenvalue weighted by Gasteiger charge is 2.22. The van der Waals surface area contributed by atoms with Crippen LogP contribution in [-0.4, -0.2) is 22.2 Å². The van der Waals surface area contributed by atoms with Gasteiger partial charge in [0.15, 0.2) is 0 Å². The Bertz CT molecular complexity index is 634. The molecule has 0 aliphatic carbocycles. The smallest absolute Gasteiger partial charge is 0.338 e. The molecule has 17 heavy (non-hydrogen) atoms. The Morgan fingerprint density at radius 2 is 1.59 bits per heavy atom. The quantitative estimate of drug-likeness (QED) is 0.684. The minimum absolute atomic E-state index is 0.0476. The molecule has 2 aromatic rings. The van der Waals surface area contributed by atoms with E-state index in [4.69, 9.17) is 15.9 Å². The summed E-state index contributed by atoms with van der Waals surface area (Å²) in [7, 11) is 0. The molecule has 4 N–H and O–H groups in total. The molecule has 0 spiro atoms. The molecule has 86 valence electrons. The third-order valence-electron chi connectivity index (χ3n) is 2.51. The first-order chi connectivity index (χ1) is 8.02. The van der Waals surface area contributed by atoms with Gasteiger partial charge in [-0.1, -0.05) is 24.3 Å². The Kier molecular flexibility index (Phi) is 2.44. The highest BCUT2D eigenvalue weighted by Crippen LogP contribution is 2.27. The van der Waals surface area contributed by atoms with Gasteiger partial charge in [-0.25, -0.2) is 9.59 Å². The number of benzene rings is 2. The van der Waals surface area contributed by atoms with Gasteiger partial charge >= 0.3 is 11.9 Å². The van der Waals surface area contributed by atoms with Crippen molar-refractivity contribution in [3.63, 3.8) is 0 Å². The molecule has 0 atom stereocenters. The average molecular weight is 231 g/mol. The van der Waals surface area contributed by atoms with Gasteiger partial charge in [0.2, 0.25) is 0 Å². The SMILES string of the molecule is Nc1cc2ccccc2c(C(=O)O)c1C(=O)O. The first-order valence-corrected chi connectivity index (χ1v) is 4.80. The van der Waals surface area contributed by atoms with Gasteiger partial charge in [-0.15, -0.1) is 0 Å². The van der Waals surface area contributed by atoms with E-state index in [9.17, 15) is 9.59 Å². The zero-order valence-corrected chi connectivity index (χ0v) is 8.68. The molecule has 0 aromatic heterocycles. The number of fused-ring (bicyclic) bond motifs is 1. The molecule has 5 nitrogen and oxygen atoms in total. The highest BCUT2D eigenvalue weighted by atomic mass is 16.4. The zero-order valence-electron chi connectivity index (χ0n) is 8.68. The third-order valence-corrected chi connectivity index (χ3v) is 2.51. The van der Waals surface area contributed by atoms with Gasteiger partial charge in [0.1, 0.15) is 0 Å². The van der Waals surface area contributed by atoms with Crippen molar-refractivity contribution in [2.75, 3.05) is 5.73 Å². The van der Waals surface area contributed by atoms with E-state index in [2.05, 4.69) is 0 Å². The van der Waals surface area contributed by atoms with Crippen molar-refractivity contribution in [3.8, 4) is 0 Å². The van der Waals surface area contributed by atoms with Crippen LogP contribution in [0.1, 0.15) is 20.7 Å². The second-order valence-electron chi connectivity index (χ2n) is 3.55. The summed E-state index contributed by atoms with van der Waals surface area (Å²) >= 11 is 0. The Hall–Kier alpha value is -2.56. The van der Waals surface area contributed by atoms with E-state index in [1.807, 2.05) is 0 Å². The lowest BCUT2D eigenvalue weighted by atomic mass is 9.97. The summed E-state index contributed by atoms with van der Waals surface area (Å²) in [6.07, 6.45) is 0. The van der Waals surface area contributed by atoms with Crippen LogP contribution in [0, 0.1) is 0 Å². The summed E-state index contributed by atoms with van der Waals surface area (Å²) in [5, 5.41) is 19.1. The van der Waals surface area contributed by atoms with Crippen LogP contribution in [0.3, 0.4) is 0 Å². The number of rotatable bonds is 2. The minimum Gasteiger partial charge on any atom is -0.478 e. The molecule has 5 heteroatoms. The van der Waals surface area contributed by atoms with Crippen molar-refractivity contribution in [1.82, 2.24) is 0 Å². The molecule has 0 bridgehead atoms. The first-order valence-electron chi connectivity index (χ1n) is 4.80. The van der Waals surface area contributed by atoms with Crippen LogP contribution in [-0.2, 0) is 0 Å². The van der Waals surface area contributed by atoms with Gasteiger partial charge in [0, 0.05) is 5.69 Å². The highest BCUT2D eigenvalue weighted by molar-refractivity contribution is 6.14. The number of aromatic carboxylic acids is 2. The Morgan fingerprint density at radius 3 is 2.18 bits per heavy atom. The summed E-state index contributed by atoms with van der Waals surface area (Å²) < 4.78 is 0. The minimum atomic E-state index is -1.34. The lowest BCUT2D eigenvalue weighted by Crippen LogP contribution is -2.12. The Balaban J connectivity index is 2.99. The van der Waals surface area contributed by atoms with Gasteiger partial charge in [-0.3, -0.25) is 0 Å². The normalized spacial score (nSPS) is 10.4. The maximum absolute atomic E-state index is 11.2. The Morgan fingerprint density at radius 1 is 1.00 bits per heavy atom. The molecule has 0 aliphatic rings. The Labute approximate surface area is 96.1 Å². The molecular weight excluding hydrogens is 222 g/mol. The summed E-state index contributed by atoms with van der Waals surface area (Å²) in [5.41, 5.74) is 4.90. The number of anilines is 1. The second kappa shape index (κ2) is 3.79. The number of hydrogen-bond acceptors (Lipinski definition) is 3. The number of carboxylic acids is 2. The molecule has 0 heterocycles. The lowest BCUT2D eigenvalue weighted by Gasteiger charge is -2.09. The molecule has 2 rings (SSSR count). The lowest BCUT2D eigenvalue weighted by molar-refractivity contribution is 0.0654. The van der Waals surface area contributed by atoms with Crippen LogP contribution in [0.2, 0.25) is 0 Å². The molecule has 0 radical (unpaired) electrons. The van der Waals surface area contributed by atoms with E-state index in [1.54, 1.807) is 24.3 Å². The van der Waals surface area contributed by atoms with Crippen LogP contribution in [0.15, 0.2) is 30.3 Å². The largest absolute Gasteiger partial charge is 0.478 e. The average Bonchev–Trinajstić information content (AvgIpc) is 2.26. The molecule has 2 aromatic carbocycles. The number of nitrogen functional groups attached to an aromatic ring is 1. The van der Waals surface area contributed by atoms with Crippen molar-refractivity contribution >= 4 is 28.4 Å². The van der Waals surface area contributed by atoms with Gasteiger partial charge in [-0.05, 0) is 16.8 Å². The van der Waals surface area contributed by atoms with Crippen molar-refractivity contribution in [2.24, 2.45) is 0 Å². The van der Waals surface area contributed by atoms with Gasteiger partial charge in [0.25, 0.3) is 0 Å². The number of carboxylic acid groups (broad SMARTS) is 2. The molecule has 0 unspecified atom stereocenters. The molecule has 0 saturated heterocycles. The van der Waals surface area contributed by atoms with Gasteiger partial charge < -0.3 is 15.9 Å². The van der Waals surface area contributed by atoms with E-state index in [1.165, 1.54) is 6.07 Å². The fourth-order valence-electron chi connectivity index (χ4n) is 1.82. The molecule has 0 fully saturated rings. The number of hydrogen-bond donors (Lipinski definition) is 3. The van der Waals surface area contributed by atoms with Crippen LogP contribution in [0.5, 0.6) is 0 Å². The van der Waals surface area contributed by atoms with E-state index < -0.39 is 11.9 Å². The third kappa shape index (κ3) is 1.67. The number of nitrogens with two attached hydrogens (primary N) is 1. The van der Waals surface area contributed by atoms with E-state index in [0.29, 0.717) is 10.8 Å². The van der Waals surface area contributed by atoms with Crippen LogP contribution >= 0.6 is 0 Å². The molecule has 0 aliphatic heterocycles. The van der Waals surface area contributed by atoms with Crippen molar-refractivity contribution in [1.29, 1.82) is 0 Å². The second-order valence-corrected chi connectivity index (χ2v) is 3.55. The van der Waals surface area contributed by atoms with Crippen LogP contribution in [0.25, 0.3) is 10.8 Å². The van der Waals surface area contributed by atoms with Crippen molar-refractivity contribution < 1.29 is 19.8 Å². The van der Waals surface area contributed by atoms with Gasteiger partial charge in [0.05, 0.1) is 11.1 Å². The summed E-state index contributed by atoms with van der Waals surface area (Å²) in [5.74, 6) is -2.64. The molecule has 0 saturated carbocycles.